The molecular formula is C17H26N2O. The van der Waals surface area contributed by atoms with Crippen LogP contribution in [0.2, 0.25) is 0 Å². The van der Waals surface area contributed by atoms with Crippen LogP contribution >= 0.6 is 0 Å². The Morgan fingerprint density at radius 1 is 1.40 bits per heavy atom. The highest BCUT2D eigenvalue weighted by Crippen LogP contribution is 2.38. The molecule has 1 heterocycles. The average molecular weight is 274 g/mol. The van der Waals surface area contributed by atoms with E-state index in [-0.39, 0.29) is 6.04 Å². The standard InChI is InChI=1S/C17H26N2O/c1-17(2)7-5-13-9-12(3-4-14(13)17)10-19-16-6-8-20-11-15(16)18/h3-4,9,15-16,19H,5-8,10-11,18H2,1-2H3/t15-,16+/m0/s1. The third-order valence-electron chi connectivity index (χ3n) is 4.89. The van der Waals surface area contributed by atoms with Gasteiger partial charge in [-0.2, -0.15) is 0 Å². The van der Waals surface area contributed by atoms with E-state index in [1.807, 2.05) is 0 Å². The lowest BCUT2D eigenvalue weighted by Gasteiger charge is -2.29. The highest BCUT2D eigenvalue weighted by molar-refractivity contribution is 5.40. The number of benzene rings is 1. The zero-order valence-corrected chi connectivity index (χ0v) is 12.6. The summed E-state index contributed by atoms with van der Waals surface area (Å²) in [5, 5.41) is 3.59. The van der Waals surface area contributed by atoms with E-state index in [0.717, 1.165) is 19.6 Å². The molecule has 2 atom stereocenters. The number of aryl methyl sites for hydroxylation is 1. The van der Waals surface area contributed by atoms with Gasteiger partial charge in [-0.1, -0.05) is 32.0 Å². The molecule has 20 heavy (non-hydrogen) atoms. The molecule has 1 aliphatic heterocycles. The molecule has 1 aromatic rings. The molecule has 0 amide bonds. The lowest BCUT2D eigenvalue weighted by molar-refractivity contribution is 0.0615. The Morgan fingerprint density at radius 2 is 2.25 bits per heavy atom. The van der Waals surface area contributed by atoms with Crippen molar-refractivity contribution >= 4 is 0 Å². The maximum atomic E-state index is 6.08. The first-order valence-electron chi connectivity index (χ1n) is 7.75. The summed E-state index contributed by atoms with van der Waals surface area (Å²) in [4.78, 5) is 0. The van der Waals surface area contributed by atoms with Gasteiger partial charge >= 0.3 is 0 Å². The van der Waals surface area contributed by atoms with Crippen molar-refractivity contribution in [3.63, 3.8) is 0 Å². The van der Waals surface area contributed by atoms with Crippen LogP contribution in [0.25, 0.3) is 0 Å². The third kappa shape index (κ3) is 2.76. The number of nitrogens with one attached hydrogen (secondary N) is 1. The van der Waals surface area contributed by atoms with Gasteiger partial charge in [-0.05, 0) is 41.4 Å². The first kappa shape index (κ1) is 14.1. The van der Waals surface area contributed by atoms with Crippen molar-refractivity contribution in [2.75, 3.05) is 13.2 Å². The van der Waals surface area contributed by atoms with Crippen LogP contribution in [0.3, 0.4) is 0 Å². The third-order valence-corrected chi connectivity index (χ3v) is 4.89. The lowest BCUT2D eigenvalue weighted by atomic mass is 9.86. The topological polar surface area (TPSA) is 47.3 Å². The van der Waals surface area contributed by atoms with Crippen molar-refractivity contribution < 1.29 is 4.74 Å². The Labute approximate surface area is 121 Å². The molecule has 110 valence electrons. The second-order valence-corrected chi connectivity index (χ2v) is 6.89. The number of hydrogen-bond acceptors (Lipinski definition) is 3. The van der Waals surface area contributed by atoms with Gasteiger partial charge in [0.15, 0.2) is 0 Å². The first-order chi connectivity index (χ1) is 9.56. The summed E-state index contributed by atoms with van der Waals surface area (Å²) in [5.74, 6) is 0. The maximum absolute atomic E-state index is 6.08. The molecule has 1 aromatic carbocycles. The fraction of sp³-hybridized carbons (Fsp3) is 0.647. The van der Waals surface area contributed by atoms with Crippen molar-refractivity contribution in [2.45, 2.75) is 57.2 Å². The molecule has 1 saturated heterocycles. The molecule has 0 unspecified atom stereocenters. The minimum absolute atomic E-state index is 0.122. The second-order valence-electron chi connectivity index (χ2n) is 6.89. The molecular weight excluding hydrogens is 248 g/mol. The van der Waals surface area contributed by atoms with Crippen molar-refractivity contribution in [3.8, 4) is 0 Å². The predicted octanol–water partition coefficient (Wildman–Crippen LogP) is 2.12. The lowest BCUT2D eigenvalue weighted by Crippen LogP contribution is -2.50. The van der Waals surface area contributed by atoms with Crippen molar-refractivity contribution in [1.29, 1.82) is 0 Å². The Kier molecular flexibility index (Phi) is 3.85. The van der Waals surface area contributed by atoms with Crippen molar-refractivity contribution in [2.24, 2.45) is 5.73 Å². The fourth-order valence-corrected chi connectivity index (χ4v) is 3.47. The van der Waals surface area contributed by atoms with E-state index in [9.17, 15) is 0 Å². The molecule has 0 spiro atoms. The van der Waals surface area contributed by atoms with E-state index in [2.05, 4.69) is 37.4 Å². The number of hydrogen-bond donors (Lipinski definition) is 2. The number of ether oxygens (including phenoxy) is 1. The van der Waals surface area contributed by atoms with E-state index in [0.29, 0.717) is 18.1 Å². The summed E-state index contributed by atoms with van der Waals surface area (Å²) >= 11 is 0. The molecule has 0 saturated carbocycles. The van der Waals surface area contributed by atoms with Gasteiger partial charge in [-0.15, -0.1) is 0 Å². The summed E-state index contributed by atoms with van der Waals surface area (Å²) in [7, 11) is 0. The molecule has 1 fully saturated rings. The van der Waals surface area contributed by atoms with E-state index in [4.69, 9.17) is 10.5 Å². The quantitative estimate of drug-likeness (QED) is 0.887. The molecule has 3 N–H and O–H groups in total. The van der Waals surface area contributed by atoms with Gasteiger partial charge in [-0.25, -0.2) is 0 Å². The Morgan fingerprint density at radius 3 is 3.05 bits per heavy atom. The number of nitrogens with two attached hydrogens (primary N) is 1. The van der Waals surface area contributed by atoms with Crippen LogP contribution < -0.4 is 11.1 Å². The molecule has 0 bridgehead atoms. The van der Waals surface area contributed by atoms with E-state index >= 15 is 0 Å². The molecule has 2 aliphatic rings. The molecule has 0 aromatic heterocycles. The highest BCUT2D eigenvalue weighted by atomic mass is 16.5. The van der Waals surface area contributed by atoms with Gasteiger partial charge < -0.3 is 15.8 Å². The smallest absolute Gasteiger partial charge is 0.0632 e. The van der Waals surface area contributed by atoms with Crippen LogP contribution in [0, 0.1) is 0 Å². The maximum Gasteiger partial charge on any atom is 0.0632 e. The zero-order valence-electron chi connectivity index (χ0n) is 12.6. The summed E-state index contributed by atoms with van der Waals surface area (Å²) in [6.45, 7) is 7.10. The molecule has 3 heteroatoms. The highest BCUT2D eigenvalue weighted by Gasteiger charge is 2.29. The van der Waals surface area contributed by atoms with E-state index < -0.39 is 0 Å². The van der Waals surface area contributed by atoms with E-state index in [1.54, 1.807) is 0 Å². The molecule has 3 rings (SSSR count). The summed E-state index contributed by atoms with van der Waals surface area (Å²) in [6, 6.07) is 7.47. The zero-order chi connectivity index (χ0) is 14.2. The van der Waals surface area contributed by atoms with Gasteiger partial charge in [0.1, 0.15) is 0 Å². The number of rotatable bonds is 3. The minimum Gasteiger partial charge on any atom is -0.380 e. The van der Waals surface area contributed by atoms with Gasteiger partial charge in [0.2, 0.25) is 0 Å². The summed E-state index contributed by atoms with van der Waals surface area (Å²) < 4.78 is 5.38. The van der Waals surface area contributed by atoms with Crippen LogP contribution in [0.1, 0.15) is 43.4 Å². The van der Waals surface area contributed by atoms with Crippen LogP contribution in [-0.2, 0) is 23.1 Å². The van der Waals surface area contributed by atoms with Gasteiger partial charge in [-0.3, -0.25) is 0 Å². The van der Waals surface area contributed by atoms with E-state index in [1.165, 1.54) is 29.5 Å². The molecule has 0 radical (unpaired) electrons. The normalized spacial score (nSPS) is 28.4. The Bertz CT molecular complexity index is 484. The van der Waals surface area contributed by atoms with Crippen LogP contribution in [0.5, 0.6) is 0 Å². The Balaban J connectivity index is 1.64. The fourth-order valence-electron chi connectivity index (χ4n) is 3.47. The second kappa shape index (κ2) is 5.47. The van der Waals surface area contributed by atoms with Crippen LogP contribution in [-0.4, -0.2) is 25.3 Å². The first-order valence-corrected chi connectivity index (χ1v) is 7.75. The summed E-state index contributed by atoms with van der Waals surface area (Å²) in [6.07, 6.45) is 3.50. The van der Waals surface area contributed by atoms with Crippen LogP contribution in [0.4, 0.5) is 0 Å². The van der Waals surface area contributed by atoms with Gasteiger partial charge in [0.05, 0.1) is 6.61 Å². The van der Waals surface area contributed by atoms with Gasteiger partial charge in [0.25, 0.3) is 0 Å². The van der Waals surface area contributed by atoms with Crippen molar-refractivity contribution in [3.05, 3.63) is 34.9 Å². The predicted molar refractivity (Wildman–Crippen MR) is 81.8 cm³/mol. The van der Waals surface area contributed by atoms with Gasteiger partial charge in [0, 0.05) is 25.2 Å². The average Bonchev–Trinajstić information content (AvgIpc) is 2.73. The Hall–Kier alpha value is -0.900. The monoisotopic (exact) mass is 274 g/mol. The number of fused-ring (bicyclic) bond motifs is 1. The largest absolute Gasteiger partial charge is 0.380 e. The molecule has 1 aliphatic carbocycles. The van der Waals surface area contributed by atoms with Crippen LogP contribution in [0.15, 0.2) is 18.2 Å². The SMILES string of the molecule is CC1(C)CCc2cc(CN[C@@H]3CCOC[C@@H]3N)ccc21. The minimum atomic E-state index is 0.122. The summed E-state index contributed by atoms with van der Waals surface area (Å²) in [5.41, 5.74) is 10.9. The van der Waals surface area contributed by atoms with Crippen molar-refractivity contribution in [1.82, 2.24) is 5.32 Å². The molecule has 3 nitrogen and oxygen atoms in total.